The van der Waals surface area contributed by atoms with Crippen LogP contribution >= 0.6 is 0 Å². The number of hydrogen-bond donors (Lipinski definition) is 1. The summed E-state index contributed by atoms with van der Waals surface area (Å²) >= 11 is 0. The number of rotatable bonds is 8. The molecule has 13 heavy (non-hydrogen) atoms. The fourth-order valence-electron chi connectivity index (χ4n) is 1.84. The lowest BCUT2D eigenvalue weighted by Crippen LogP contribution is -2.37. The smallest absolute Gasteiger partial charge is 0.00669 e. The van der Waals surface area contributed by atoms with Gasteiger partial charge in [-0.1, -0.05) is 40.5 Å². The molecule has 0 saturated carbocycles. The highest BCUT2D eigenvalue weighted by Crippen LogP contribution is 2.07. The molecule has 0 aliphatic carbocycles. The van der Waals surface area contributed by atoms with Gasteiger partial charge in [-0.05, 0) is 25.7 Å². The van der Waals surface area contributed by atoms with E-state index in [4.69, 9.17) is 0 Å². The standard InChI is InChI=1S/C12H27N/c1-5-9-11(7-3)13-12(8-4)10-6-2/h11-13H,5-10H2,1-4H3. The molecule has 0 aromatic rings. The van der Waals surface area contributed by atoms with Crippen molar-refractivity contribution in [2.45, 2.75) is 78.3 Å². The van der Waals surface area contributed by atoms with Gasteiger partial charge in [0.05, 0.1) is 0 Å². The molecule has 0 heterocycles. The van der Waals surface area contributed by atoms with Crippen LogP contribution in [-0.2, 0) is 0 Å². The third-order valence-corrected chi connectivity index (χ3v) is 2.73. The Balaban J connectivity index is 3.73. The highest BCUT2D eigenvalue weighted by molar-refractivity contribution is 4.71. The third kappa shape index (κ3) is 6.09. The van der Waals surface area contributed by atoms with Crippen LogP contribution in [-0.4, -0.2) is 12.1 Å². The van der Waals surface area contributed by atoms with Crippen molar-refractivity contribution in [2.75, 3.05) is 0 Å². The predicted octanol–water partition coefficient (Wildman–Crippen LogP) is 3.73. The van der Waals surface area contributed by atoms with Gasteiger partial charge in [0.15, 0.2) is 0 Å². The topological polar surface area (TPSA) is 12.0 Å². The van der Waals surface area contributed by atoms with E-state index >= 15 is 0 Å². The highest BCUT2D eigenvalue weighted by atomic mass is 14.9. The molecule has 0 spiro atoms. The maximum Gasteiger partial charge on any atom is 0.00669 e. The monoisotopic (exact) mass is 185 g/mol. The van der Waals surface area contributed by atoms with Crippen LogP contribution < -0.4 is 5.32 Å². The van der Waals surface area contributed by atoms with Gasteiger partial charge in [0.2, 0.25) is 0 Å². The number of nitrogens with one attached hydrogen (secondary N) is 1. The van der Waals surface area contributed by atoms with E-state index in [0.29, 0.717) is 0 Å². The number of hydrogen-bond acceptors (Lipinski definition) is 1. The summed E-state index contributed by atoms with van der Waals surface area (Å²) in [7, 11) is 0. The first-order valence-corrected chi connectivity index (χ1v) is 6.04. The lowest BCUT2D eigenvalue weighted by atomic mass is 10.0. The van der Waals surface area contributed by atoms with Crippen molar-refractivity contribution >= 4 is 0 Å². The van der Waals surface area contributed by atoms with Crippen LogP contribution in [0, 0.1) is 0 Å². The Hall–Kier alpha value is -0.0400. The summed E-state index contributed by atoms with van der Waals surface area (Å²) in [6.45, 7) is 9.11. The van der Waals surface area contributed by atoms with E-state index in [1.54, 1.807) is 0 Å². The van der Waals surface area contributed by atoms with E-state index in [-0.39, 0.29) is 0 Å². The van der Waals surface area contributed by atoms with Crippen molar-refractivity contribution in [3.05, 3.63) is 0 Å². The van der Waals surface area contributed by atoms with Crippen molar-refractivity contribution in [2.24, 2.45) is 0 Å². The SMILES string of the molecule is CCCC(CC)NC(CC)CCC. The molecule has 1 heteroatoms. The Bertz CT molecular complexity index is 89.3. The summed E-state index contributed by atoms with van der Waals surface area (Å²) in [4.78, 5) is 0. The van der Waals surface area contributed by atoms with Crippen LogP contribution in [0.4, 0.5) is 0 Å². The minimum Gasteiger partial charge on any atom is -0.311 e. The molecule has 0 bridgehead atoms. The van der Waals surface area contributed by atoms with Gasteiger partial charge in [-0.2, -0.15) is 0 Å². The van der Waals surface area contributed by atoms with E-state index in [1.165, 1.54) is 38.5 Å². The molecule has 2 atom stereocenters. The molecule has 0 aromatic heterocycles. The van der Waals surface area contributed by atoms with Crippen molar-refractivity contribution in [3.8, 4) is 0 Å². The average Bonchev–Trinajstić information content (AvgIpc) is 2.16. The molecule has 0 rings (SSSR count). The van der Waals surface area contributed by atoms with Crippen molar-refractivity contribution in [3.63, 3.8) is 0 Å². The fourth-order valence-corrected chi connectivity index (χ4v) is 1.84. The highest BCUT2D eigenvalue weighted by Gasteiger charge is 2.10. The van der Waals surface area contributed by atoms with Crippen LogP contribution in [0.25, 0.3) is 0 Å². The Morgan fingerprint density at radius 1 is 0.769 bits per heavy atom. The first-order chi connectivity index (χ1) is 6.28. The molecule has 0 radical (unpaired) electrons. The lowest BCUT2D eigenvalue weighted by Gasteiger charge is -2.23. The second-order valence-corrected chi connectivity index (χ2v) is 3.95. The van der Waals surface area contributed by atoms with Crippen LogP contribution in [0.15, 0.2) is 0 Å². The van der Waals surface area contributed by atoms with Crippen LogP contribution in [0.5, 0.6) is 0 Å². The minimum atomic E-state index is 0.751. The summed E-state index contributed by atoms with van der Waals surface area (Å²) in [5.74, 6) is 0. The van der Waals surface area contributed by atoms with E-state index in [2.05, 4.69) is 33.0 Å². The predicted molar refractivity (Wildman–Crippen MR) is 61.1 cm³/mol. The molecule has 0 saturated heterocycles. The first kappa shape index (κ1) is 13.0. The summed E-state index contributed by atoms with van der Waals surface area (Å²) in [6, 6.07) is 1.50. The molecule has 80 valence electrons. The zero-order valence-electron chi connectivity index (χ0n) is 9.90. The summed E-state index contributed by atoms with van der Waals surface area (Å²) in [6.07, 6.45) is 7.80. The first-order valence-electron chi connectivity index (χ1n) is 6.04. The molecule has 0 amide bonds. The van der Waals surface area contributed by atoms with Gasteiger partial charge < -0.3 is 5.32 Å². The van der Waals surface area contributed by atoms with Crippen molar-refractivity contribution in [1.29, 1.82) is 0 Å². The van der Waals surface area contributed by atoms with Gasteiger partial charge in [0.25, 0.3) is 0 Å². The second-order valence-electron chi connectivity index (χ2n) is 3.95. The Kier molecular flexibility index (Phi) is 8.53. The van der Waals surface area contributed by atoms with Gasteiger partial charge in [0, 0.05) is 12.1 Å². The lowest BCUT2D eigenvalue weighted by molar-refractivity contribution is 0.371. The summed E-state index contributed by atoms with van der Waals surface area (Å²) in [5.41, 5.74) is 0. The largest absolute Gasteiger partial charge is 0.311 e. The maximum absolute atomic E-state index is 3.76. The molecular formula is C12H27N. The third-order valence-electron chi connectivity index (χ3n) is 2.73. The minimum absolute atomic E-state index is 0.751. The van der Waals surface area contributed by atoms with Crippen LogP contribution in [0.3, 0.4) is 0 Å². The van der Waals surface area contributed by atoms with Crippen molar-refractivity contribution in [1.82, 2.24) is 5.32 Å². The van der Waals surface area contributed by atoms with Gasteiger partial charge >= 0.3 is 0 Å². The van der Waals surface area contributed by atoms with Gasteiger partial charge in [-0.25, -0.2) is 0 Å². The van der Waals surface area contributed by atoms with E-state index in [0.717, 1.165) is 12.1 Å². The molecule has 2 unspecified atom stereocenters. The average molecular weight is 185 g/mol. The van der Waals surface area contributed by atoms with E-state index < -0.39 is 0 Å². The summed E-state index contributed by atoms with van der Waals surface area (Å²) in [5, 5.41) is 3.76. The normalized spacial score (nSPS) is 15.7. The Morgan fingerprint density at radius 2 is 1.15 bits per heavy atom. The zero-order valence-corrected chi connectivity index (χ0v) is 9.90. The molecule has 1 N–H and O–H groups in total. The van der Waals surface area contributed by atoms with E-state index in [9.17, 15) is 0 Å². The molecule has 0 fully saturated rings. The van der Waals surface area contributed by atoms with Crippen LogP contribution in [0.2, 0.25) is 0 Å². The molecule has 1 nitrogen and oxygen atoms in total. The van der Waals surface area contributed by atoms with Crippen LogP contribution in [0.1, 0.15) is 66.2 Å². The van der Waals surface area contributed by atoms with Gasteiger partial charge in [0.1, 0.15) is 0 Å². The van der Waals surface area contributed by atoms with E-state index in [1.807, 2.05) is 0 Å². The molecule has 0 aliphatic rings. The maximum atomic E-state index is 3.76. The quantitative estimate of drug-likeness (QED) is 0.607. The fraction of sp³-hybridized carbons (Fsp3) is 1.00. The van der Waals surface area contributed by atoms with Gasteiger partial charge in [-0.15, -0.1) is 0 Å². The Labute approximate surface area is 84.3 Å². The second kappa shape index (κ2) is 8.55. The summed E-state index contributed by atoms with van der Waals surface area (Å²) < 4.78 is 0. The zero-order chi connectivity index (χ0) is 10.1. The molecule has 0 aromatic carbocycles. The molecular weight excluding hydrogens is 158 g/mol. The van der Waals surface area contributed by atoms with Crippen molar-refractivity contribution < 1.29 is 0 Å². The molecule has 0 aliphatic heterocycles. The van der Waals surface area contributed by atoms with Gasteiger partial charge in [-0.3, -0.25) is 0 Å². The Morgan fingerprint density at radius 3 is 1.38 bits per heavy atom.